The fourth-order valence-corrected chi connectivity index (χ4v) is 1.36. The van der Waals surface area contributed by atoms with Gasteiger partial charge in [0.05, 0.1) is 5.22 Å². The SMILES string of the molecule is C/[N+]([O-])=N/Nc1ccccc1C(C)(C)C. The number of para-hydroxylation sites is 1. The van der Waals surface area contributed by atoms with Gasteiger partial charge < -0.3 is 5.21 Å². The molecule has 0 saturated heterocycles. The Morgan fingerprint density at radius 3 is 2.40 bits per heavy atom. The molecule has 0 unspecified atom stereocenters. The van der Waals surface area contributed by atoms with Gasteiger partial charge in [-0.15, -0.1) is 5.43 Å². The molecule has 1 aromatic carbocycles. The second kappa shape index (κ2) is 4.29. The van der Waals surface area contributed by atoms with E-state index in [-0.39, 0.29) is 5.41 Å². The molecule has 15 heavy (non-hydrogen) atoms. The Morgan fingerprint density at radius 1 is 1.27 bits per heavy atom. The number of nitrogens with zero attached hydrogens (tertiary/aromatic N) is 2. The number of rotatable bonds is 2. The second-order valence-corrected chi connectivity index (χ2v) is 4.47. The molecular formula is C11H17N3O. The van der Waals surface area contributed by atoms with E-state index < -0.39 is 0 Å². The minimum absolute atomic E-state index is 0.0283. The number of benzene rings is 1. The van der Waals surface area contributed by atoms with Crippen LogP contribution in [0.4, 0.5) is 5.69 Å². The van der Waals surface area contributed by atoms with Crippen molar-refractivity contribution in [3.63, 3.8) is 0 Å². The van der Waals surface area contributed by atoms with Gasteiger partial charge in [0.2, 0.25) is 0 Å². The van der Waals surface area contributed by atoms with Crippen molar-refractivity contribution in [3.05, 3.63) is 35.0 Å². The van der Waals surface area contributed by atoms with Crippen LogP contribution in [0.1, 0.15) is 26.3 Å². The van der Waals surface area contributed by atoms with Crippen molar-refractivity contribution in [2.24, 2.45) is 5.22 Å². The Labute approximate surface area is 90.2 Å². The quantitative estimate of drug-likeness (QED) is 0.460. The van der Waals surface area contributed by atoms with Crippen molar-refractivity contribution in [3.8, 4) is 0 Å². The first kappa shape index (κ1) is 11.5. The van der Waals surface area contributed by atoms with E-state index in [1.54, 1.807) is 0 Å². The lowest BCUT2D eigenvalue weighted by molar-refractivity contribution is -0.497. The Morgan fingerprint density at radius 2 is 1.87 bits per heavy atom. The topological polar surface area (TPSA) is 50.5 Å². The molecular weight excluding hydrogens is 190 g/mol. The van der Waals surface area contributed by atoms with Crippen molar-refractivity contribution in [1.29, 1.82) is 0 Å². The molecule has 4 heteroatoms. The molecule has 0 aliphatic heterocycles. The summed E-state index contributed by atoms with van der Waals surface area (Å²) in [6, 6.07) is 7.83. The van der Waals surface area contributed by atoms with Crippen LogP contribution in [0.5, 0.6) is 0 Å². The Bertz CT molecular complexity index is 362. The van der Waals surface area contributed by atoms with E-state index in [4.69, 9.17) is 0 Å². The van der Waals surface area contributed by atoms with Crippen LogP contribution in [0.25, 0.3) is 0 Å². The van der Waals surface area contributed by atoms with Crippen LogP contribution in [-0.2, 0) is 5.41 Å². The molecule has 0 bridgehead atoms. The van der Waals surface area contributed by atoms with E-state index in [9.17, 15) is 5.21 Å². The number of hydrogen-bond acceptors (Lipinski definition) is 2. The normalized spacial score (nSPS) is 12.7. The average molecular weight is 207 g/mol. The lowest BCUT2D eigenvalue weighted by Crippen LogP contribution is -2.13. The molecule has 0 spiro atoms. The Balaban J connectivity index is 3.02. The fourth-order valence-electron chi connectivity index (χ4n) is 1.36. The minimum Gasteiger partial charge on any atom is -0.696 e. The maximum absolute atomic E-state index is 10.7. The standard InChI is InChI=1S/C11H17N3O/c1-11(2,3)9-7-5-6-8-10(9)12-13-14(4)15/h5-8,12H,1-4H3/b14-13-. The van der Waals surface area contributed by atoms with Gasteiger partial charge in [0.25, 0.3) is 0 Å². The van der Waals surface area contributed by atoms with E-state index in [2.05, 4.69) is 31.4 Å². The van der Waals surface area contributed by atoms with Crippen LogP contribution in [-0.4, -0.2) is 11.9 Å². The molecule has 1 rings (SSSR count). The summed E-state index contributed by atoms with van der Waals surface area (Å²) in [6.07, 6.45) is 0. The van der Waals surface area contributed by atoms with Crippen molar-refractivity contribution in [2.45, 2.75) is 26.2 Å². The number of hydroxylamine groups is 1. The smallest absolute Gasteiger partial charge is 0.150 e. The summed E-state index contributed by atoms with van der Waals surface area (Å²) in [7, 11) is 1.34. The maximum atomic E-state index is 10.7. The van der Waals surface area contributed by atoms with Gasteiger partial charge in [0.15, 0.2) is 5.69 Å². The summed E-state index contributed by atoms with van der Waals surface area (Å²) >= 11 is 0. The van der Waals surface area contributed by atoms with Crippen molar-refractivity contribution < 1.29 is 4.86 Å². The zero-order valence-electron chi connectivity index (χ0n) is 9.61. The molecule has 0 aliphatic rings. The van der Waals surface area contributed by atoms with Crippen LogP contribution in [0, 0.1) is 5.21 Å². The molecule has 0 radical (unpaired) electrons. The largest absolute Gasteiger partial charge is 0.696 e. The third-order valence-corrected chi connectivity index (χ3v) is 2.05. The molecule has 0 fully saturated rings. The molecule has 82 valence electrons. The summed E-state index contributed by atoms with van der Waals surface area (Å²) in [4.78, 5) is 0.499. The third-order valence-electron chi connectivity index (χ3n) is 2.05. The summed E-state index contributed by atoms with van der Waals surface area (Å²) in [5, 5.41) is 14.3. The summed E-state index contributed by atoms with van der Waals surface area (Å²) in [5.74, 6) is 0. The number of hydrogen-bond donors (Lipinski definition) is 1. The predicted molar refractivity (Wildman–Crippen MR) is 60.7 cm³/mol. The third kappa shape index (κ3) is 3.23. The van der Waals surface area contributed by atoms with Gasteiger partial charge in [-0.25, -0.2) is 0 Å². The molecule has 0 heterocycles. The lowest BCUT2D eigenvalue weighted by Gasteiger charge is -2.19. The molecule has 0 atom stereocenters. The lowest BCUT2D eigenvalue weighted by atomic mass is 9.86. The maximum Gasteiger partial charge on any atom is 0.150 e. The van der Waals surface area contributed by atoms with Crippen molar-refractivity contribution >= 4 is 5.69 Å². The molecule has 1 N–H and O–H groups in total. The van der Waals surface area contributed by atoms with Crippen LogP contribution < -0.4 is 5.43 Å². The van der Waals surface area contributed by atoms with Gasteiger partial charge in [-0.2, -0.15) is 4.86 Å². The van der Waals surface area contributed by atoms with Crippen LogP contribution in [0.15, 0.2) is 29.5 Å². The van der Waals surface area contributed by atoms with Gasteiger partial charge in [0.1, 0.15) is 7.05 Å². The molecule has 0 aliphatic carbocycles. The van der Waals surface area contributed by atoms with E-state index >= 15 is 0 Å². The summed E-state index contributed by atoms with van der Waals surface area (Å²) in [6.45, 7) is 6.36. The highest BCUT2D eigenvalue weighted by Gasteiger charge is 2.19. The van der Waals surface area contributed by atoms with E-state index in [1.807, 2.05) is 24.3 Å². The Hall–Kier alpha value is -1.58. The first-order valence-corrected chi connectivity index (χ1v) is 4.88. The van der Waals surface area contributed by atoms with E-state index in [1.165, 1.54) is 7.05 Å². The first-order chi connectivity index (χ1) is 6.91. The highest BCUT2D eigenvalue weighted by atomic mass is 16.5. The van der Waals surface area contributed by atoms with Gasteiger partial charge in [-0.3, -0.25) is 0 Å². The first-order valence-electron chi connectivity index (χ1n) is 4.88. The van der Waals surface area contributed by atoms with Crippen LogP contribution >= 0.6 is 0 Å². The molecule has 0 amide bonds. The van der Waals surface area contributed by atoms with Gasteiger partial charge in [-0.05, 0) is 11.5 Å². The van der Waals surface area contributed by atoms with Gasteiger partial charge in [-0.1, -0.05) is 39.0 Å². The molecule has 4 nitrogen and oxygen atoms in total. The summed E-state index contributed by atoms with van der Waals surface area (Å²) < 4.78 is 0. The molecule has 0 saturated carbocycles. The number of nitrogens with one attached hydrogen (secondary N) is 1. The number of anilines is 1. The van der Waals surface area contributed by atoms with E-state index in [0.29, 0.717) is 4.86 Å². The zero-order chi connectivity index (χ0) is 11.5. The summed E-state index contributed by atoms with van der Waals surface area (Å²) in [5.41, 5.74) is 4.79. The van der Waals surface area contributed by atoms with Crippen molar-refractivity contribution in [2.75, 3.05) is 12.5 Å². The van der Waals surface area contributed by atoms with Crippen LogP contribution in [0.2, 0.25) is 0 Å². The zero-order valence-corrected chi connectivity index (χ0v) is 9.61. The van der Waals surface area contributed by atoms with Gasteiger partial charge >= 0.3 is 0 Å². The second-order valence-electron chi connectivity index (χ2n) is 4.47. The minimum atomic E-state index is 0.0283. The van der Waals surface area contributed by atoms with Crippen molar-refractivity contribution in [1.82, 2.24) is 0 Å². The highest BCUT2D eigenvalue weighted by molar-refractivity contribution is 5.53. The molecule has 1 aromatic rings. The van der Waals surface area contributed by atoms with E-state index in [0.717, 1.165) is 11.3 Å². The van der Waals surface area contributed by atoms with Crippen LogP contribution in [0.3, 0.4) is 0 Å². The Kier molecular flexibility index (Phi) is 3.29. The fraction of sp³-hybridized carbons (Fsp3) is 0.455. The monoisotopic (exact) mass is 207 g/mol. The average Bonchev–Trinajstić information content (AvgIpc) is 2.13. The highest BCUT2D eigenvalue weighted by Crippen LogP contribution is 2.29. The molecule has 0 aromatic heterocycles. The van der Waals surface area contributed by atoms with Gasteiger partial charge in [0, 0.05) is 5.56 Å². The predicted octanol–water partition coefficient (Wildman–Crippen LogP) is 2.90.